The summed E-state index contributed by atoms with van der Waals surface area (Å²) in [5.74, 6) is -3.63. The zero-order valence-electron chi connectivity index (χ0n) is 12.3. The molecule has 2 rings (SSSR count). The Labute approximate surface area is 145 Å². The lowest BCUT2D eigenvalue weighted by Crippen LogP contribution is -2.20. The Morgan fingerprint density at radius 2 is 2.00 bits per heavy atom. The van der Waals surface area contributed by atoms with Gasteiger partial charge in [-0.15, -0.1) is 11.3 Å². The summed E-state index contributed by atoms with van der Waals surface area (Å²) in [5.41, 5.74) is 0.434. The number of nitrogens with one attached hydrogen (secondary N) is 1. The van der Waals surface area contributed by atoms with Crippen molar-refractivity contribution in [1.29, 1.82) is 0 Å². The third-order valence-corrected chi connectivity index (χ3v) is 4.20. The highest BCUT2D eigenvalue weighted by Gasteiger charge is 2.08. The first-order chi connectivity index (χ1) is 11.5. The van der Waals surface area contributed by atoms with Crippen molar-refractivity contribution in [3.8, 4) is 0 Å². The Hall–Kier alpha value is -2.19. The van der Waals surface area contributed by atoms with Gasteiger partial charge in [-0.05, 0) is 41.8 Å². The number of anilines is 1. The number of thioether (sulfide) groups is 1. The monoisotopic (exact) mass is 369 g/mol. The lowest BCUT2D eigenvalue weighted by molar-refractivity contribution is -0.142. The van der Waals surface area contributed by atoms with Crippen LogP contribution in [0.2, 0.25) is 0 Å². The third-order valence-electron chi connectivity index (χ3n) is 2.64. The molecule has 0 unspecified atom stereocenters. The molecule has 2 aromatic rings. The van der Waals surface area contributed by atoms with Gasteiger partial charge in [-0.3, -0.25) is 4.79 Å². The van der Waals surface area contributed by atoms with Crippen molar-refractivity contribution in [2.45, 2.75) is 10.7 Å². The minimum atomic E-state index is -2.49. The zero-order chi connectivity index (χ0) is 17.4. The van der Waals surface area contributed by atoms with Gasteiger partial charge in [0, 0.05) is 21.5 Å². The number of alkyl halides is 2. The fraction of sp³-hybridized carbons (Fsp3) is 0.125. The average Bonchev–Trinajstić information content (AvgIpc) is 3.06. The summed E-state index contributed by atoms with van der Waals surface area (Å²) < 4.78 is 29.2. The van der Waals surface area contributed by atoms with Crippen molar-refractivity contribution < 1.29 is 23.1 Å². The Kier molecular flexibility index (Phi) is 6.95. The summed E-state index contributed by atoms with van der Waals surface area (Å²) in [6.07, 6.45) is 2.85. The predicted octanol–water partition coefficient (Wildman–Crippen LogP) is 4.26. The van der Waals surface area contributed by atoms with E-state index in [1.165, 1.54) is 41.7 Å². The zero-order valence-corrected chi connectivity index (χ0v) is 13.9. The van der Waals surface area contributed by atoms with E-state index in [4.69, 9.17) is 4.74 Å². The second-order valence-electron chi connectivity index (χ2n) is 4.41. The molecule has 1 aromatic heterocycles. The molecule has 0 fully saturated rings. The molecule has 0 saturated heterocycles. The Morgan fingerprint density at radius 3 is 2.62 bits per heavy atom. The molecule has 0 bridgehead atoms. The number of carbonyl (C=O) groups excluding carboxylic acids is 2. The summed E-state index contributed by atoms with van der Waals surface area (Å²) in [5, 5.41) is 4.39. The normalized spacial score (nSPS) is 11.0. The van der Waals surface area contributed by atoms with Crippen LogP contribution in [0.25, 0.3) is 6.08 Å². The molecule has 1 heterocycles. The maximum absolute atomic E-state index is 12.2. The molecule has 0 aliphatic heterocycles. The van der Waals surface area contributed by atoms with Crippen LogP contribution < -0.4 is 5.32 Å². The predicted molar refractivity (Wildman–Crippen MR) is 91.2 cm³/mol. The molecular formula is C16H13F2NO3S2. The topological polar surface area (TPSA) is 55.4 Å². The van der Waals surface area contributed by atoms with Crippen LogP contribution in [0, 0.1) is 0 Å². The van der Waals surface area contributed by atoms with Gasteiger partial charge in [0.05, 0.1) is 0 Å². The molecule has 0 spiro atoms. The number of halogens is 2. The quantitative estimate of drug-likeness (QED) is 0.450. The first kappa shape index (κ1) is 18.2. The second-order valence-corrected chi connectivity index (χ2v) is 6.45. The highest BCUT2D eigenvalue weighted by molar-refractivity contribution is 7.99. The average molecular weight is 369 g/mol. The number of rotatable bonds is 7. The molecule has 0 radical (unpaired) electrons. The van der Waals surface area contributed by atoms with Crippen molar-refractivity contribution in [1.82, 2.24) is 0 Å². The standard InChI is InChI=1S/C16H13F2NO3S2/c17-16(18)24-13-5-3-11(4-6-13)19-14(20)10-22-15(21)8-7-12-2-1-9-23-12/h1-9,16H,10H2,(H,19,20). The van der Waals surface area contributed by atoms with E-state index >= 15 is 0 Å². The van der Waals surface area contributed by atoms with Crippen molar-refractivity contribution >= 4 is 46.7 Å². The molecule has 126 valence electrons. The van der Waals surface area contributed by atoms with Gasteiger partial charge >= 0.3 is 5.97 Å². The molecule has 1 N–H and O–H groups in total. The van der Waals surface area contributed by atoms with Crippen LogP contribution in [0.3, 0.4) is 0 Å². The summed E-state index contributed by atoms with van der Waals surface area (Å²) in [7, 11) is 0. The minimum absolute atomic E-state index is 0.396. The highest BCUT2D eigenvalue weighted by atomic mass is 32.2. The molecule has 0 atom stereocenters. The molecule has 8 heteroatoms. The Bertz CT molecular complexity index is 701. The first-order valence-electron chi connectivity index (χ1n) is 6.76. The molecular weight excluding hydrogens is 356 g/mol. The van der Waals surface area contributed by atoms with E-state index in [9.17, 15) is 18.4 Å². The molecule has 0 saturated carbocycles. The fourth-order valence-electron chi connectivity index (χ4n) is 1.64. The number of amides is 1. The van der Waals surface area contributed by atoms with Gasteiger partial charge in [-0.2, -0.15) is 8.78 Å². The van der Waals surface area contributed by atoms with Gasteiger partial charge in [0.25, 0.3) is 11.7 Å². The summed E-state index contributed by atoms with van der Waals surface area (Å²) in [6.45, 7) is -0.429. The number of carbonyl (C=O) groups is 2. The van der Waals surface area contributed by atoms with Crippen LogP contribution in [0.5, 0.6) is 0 Å². The number of benzene rings is 1. The van der Waals surface area contributed by atoms with E-state index in [0.29, 0.717) is 22.3 Å². The van der Waals surface area contributed by atoms with E-state index in [-0.39, 0.29) is 0 Å². The van der Waals surface area contributed by atoms with Crippen LogP contribution in [0.1, 0.15) is 4.88 Å². The van der Waals surface area contributed by atoms with Crippen molar-refractivity contribution in [2.75, 3.05) is 11.9 Å². The molecule has 1 aromatic carbocycles. The molecule has 0 aliphatic rings. The molecule has 24 heavy (non-hydrogen) atoms. The van der Waals surface area contributed by atoms with E-state index in [2.05, 4.69) is 5.32 Å². The van der Waals surface area contributed by atoms with Crippen molar-refractivity contribution in [2.24, 2.45) is 0 Å². The van der Waals surface area contributed by atoms with Gasteiger partial charge in [-0.1, -0.05) is 17.8 Å². The van der Waals surface area contributed by atoms with Crippen LogP contribution in [-0.2, 0) is 14.3 Å². The van der Waals surface area contributed by atoms with Crippen molar-refractivity contribution in [3.63, 3.8) is 0 Å². The van der Waals surface area contributed by atoms with Gasteiger partial charge in [0.1, 0.15) is 0 Å². The second kappa shape index (κ2) is 9.19. The van der Waals surface area contributed by atoms with Gasteiger partial charge in [0.2, 0.25) is 0 Å². The summed E-state index contributed by atoms with van der Waals surface area (Å²) >= 11 is 1.90. The highest BCUT2D eigenvalue weighted by Crippen LogP contribution is 2.26. The number of hydrogen-bond acceptors (Lipinski definition) is 5. The largest absolute Gasteiger partial charge is 0.452 e. The smallest absolute Gasteiger partial charge is 0.331 e. The number of ether oxygens (including phenoxy) is 1. The fourth-order valence-corrected chi connectivity index (χ4v) is 2.75. The number of esters is 1. The van der Waals surface area contributed by atoms with Crippen LogP contribution >= 0.6 is 23.1 Å². The van der Waals surface area contributed by atoms with E-state index in [1.807, 2.05) is 17.5 Å². The summed E-state index contributed by atoms with van der Waals surface area (Å²) in [6, 6.07) is 9.65. The van der Waals surface area contributed by atoms with Crippen LogP contribution in [0.4, 0.5) is 14.5 Å². The maximum Gasteiger partial charge on any atom is 0.331 e. The number of thiophene rings is 1. The van der Waals surface area contributed by atoms with Gasteiger partial charge in [0.15, 0.2) is 6.61 Å². The summed E-state index contributed by atoms with van der Waals surface area (Å²) in [4.78, 5) is 24.5. The first-order valence-corrected chi connectivity index (χ1v) is 8.52. The van der Waals surface area contributed by atoms with Gasteiger partial charge < -0.3 is 10.1 Å². The molecule has 4 nitrogen and oxygen atoms in total. The van der Waals surface area contributed by atoms with Crippen molar-refractivity contribution in [3.05, 3.63) is 52.7 Å². The molecule has 0 aliphatic carbocycles. The maximum atomic E-state index is 12.2. The lowest BCUT2D eigenvalue weighted by Gasteiger charge is -2.06. The minimum Gasteiger partial charge on any atom is -0.452 e. The van der Waals surface area contributed by atoms with E-state index < -0.39 is 24.2 Å². The van der Waals surface area contributed by atoms with Crippen LogP contribution in [-0.4, -0.2) is 24.2 Å². The van der Waals surface area contributed by atoms with E-state index in [0.717, 1.165) is 4.88 Å². The van der Waals surface area contributed by atoms with Gasteiger partial charge in [-0.25, -0.2) is 4.79 Å². The van der Waals surface area contributed by atoms with E-state index in [1.54, 1.807) is 6.08 Å². The molecule has 1 amide bonds. The number of hydrogen-bond donors (Lipinski definition) is 1. The van der Waals surface area contributed by atoms with Crippen LogP contribution in [0.15, 0.2) is 52.7 Å². The Morgan fingerprint density at radius 1 is 1.25 bits per heavy atom. The lowest BCUT2D eigenvalue weighted by atomic mass is 10.3. The SMILES string of the molecule is O=C(COC(=O)C=Cc1cccs1)Nc1ccc(SC(F)F)cc1. The Balaban J connectivity index is 1.75. The third kappa shape index (κ3) is 6.51.